The molecule has 0 spiro atoms. The largest absolute Gasteiger partial charge is 0.454 e. The summed E-state index contributed by atoms with van der Waals surface area (Å²) < 4.78 is 9.70. The van der Waals surface area contributed by atoms with Crippen LogP contribution in [0.1, 0.15) is 0 Å². The van der Waals surface area contributed by atoms with Crippen LogP contribution in [0.3, 0.4) is 0 Å². The Hall–Kier alpha value is -7.72. The number of hydrogen-bond acceptors (Lipinski definition) is 3. The minimum Gasteiger partial charge on any atom is -0.454 e. The quantitative estimate of drug-likeness (QED) is 0.161. The topological polar surface area (TPSA) is 16.4 Å². The molecule has 0 aliphatic heterocycles. The predicted molar refractivity (Wildman–Crippen MR) is 262 cm³/mol. The lowest BCUT2D eigenvalue weighted by atomic mass is 9.92. The van der Waals surface area contributed by atoms with E-state index in [1.807, 2.05) is 11.3 Å². The number of fused-ring (bicyclic) bond motifs is 12. The van der Waals surface area contributed by atoms with Gasteiger partial charge in [0.25, 0.3) is 0 Å². The second-order valence-electron chi connectivity index (χ2n) is 16.0. The maximum absolute atomic E-state index is 7.12. The Kier molecular flexibility index (Phi) is 7.51. The fourth-order valence-corrected chi connectivity index (χ4v) is 11.1. The van der Waals surface area contributed by atoms with E-state index in [4.69, 9.17) is 4.42 Å². The summed E-state index contributed by atoms with van der Waals surface area (Å²) in [6.45, 7) is 0. The zero-order valence-electron chi connectivity index (χ0n) is 33.0. The third-order valence-corrected chi connectivity index (χ3v) is 13.8. The number of anilines is 3. The van der Waals surface area contributed by atoms with Crippen LogP contribution in [0.5, 0.6) is 0 Å². The lowest BCUT2D eigenvalue weighted by Gasteiger charge is -2.27. The second kappa shape index (κ2) is 13.4. The summed E-state index contributed by atoms with van der Waals surface area (Å²) in [5, 5.41) is 14.5. The zero-order valence-corrected chi connectivity index (χ0v) is 33.8. The molecule has 3 heteroatoms. The van der Waals surface area contributed by atoms with Crippen LogP contribution in [0.25, 0.3) is 107 Å². The van der Waals surface area contributed by atoms with Gasteiger partial charge in [-0.2, -0.15) is 0 Å². The SMILES string of the molecule is c1ccc(-c2ccc(-c3ccc(N(c4ccc5ccc6ccccc6c5c4)c4ccc5ccc6ccccc6c5c4)c4oc5ccccc5c34)c3c2sc2ccccc23)cc1. The van der Waals surface area contributed by atoms with Crippen molar-refractivity contribution in [2.24, 2.45) is 0 Å². The van der Waals surface area contributed by atoms with E-state index in [0.29, 0.717) is 0 Å². The lowest BCUT2D eigenvalue weighted by molar-refractivity contribution is 0.669. The summed E-state index contributed by atoms with van der Waals surface area (Å²) in [4.78, 5) is 2.41. The van der Waals surface area contributed by atoms with Gasteiger partial charge >= 0.3 is 0 Å². The van der Waals surface area contributed by atoms with E-state index in [0.717, 1.165) is 44.6 Å². The van der Waals surface area contributed by atoms with Crippen molar-refractivity contribution < 1.29 is 4.42 Å². The molecule has 0 saturated heterocycles. The first-order valence-corrected chi connectivity index (χ1v) is 21.6. The Morgan fingerprint density at radius 2 is 0.869 bits per heavy atom. The van der Waals surface area contributed by atoms with E-state index in [9.17, 15) is 0 Å². The third-order valence-electron chi connectivity index (χ3n) is 12.6. The average molecular weight is 794 g/mol. The minimum atomic E-state index is 0.856. The normalized spacial score (nSPS) is 11.9. The Morgan fingerprint density at radius 1 is 0.361 bits per heavy atom. The number of benzene rings is 11. The summed E-state index contributed by atoms with van der Waals surface area (Å²) >= 11 is 1.88. The first kappa shape index (κ1) is 34.2. The van der Waals surface area contributed by atoms with Crippen molar-refractivity contribution in [3.8, 4) is 22.3 Å². The van der Waals surface area contributed by atoms with Gasteiger partial charge in [0, 0.05) is 42.3 Å². The minimum absolute atomic E-state index is 0.856. The van der Waals surface area contributed by atoms with Crippen LogP contribution in [0, 0.1) is 0 Å². The van der Waals surface area contributed by atoms with Gasteiger partial charge in [-0.15, -0.1) is 11.3 Å². The number of nitrogens with zero attached hydrogens (tertiary/aromatic N) is 1. The van der Waals surface area contributed by atoms with Crippen molar-refractivity contribution in [1.29, 1.82) is 0 Å². The molecular weight excluding hydrogens is 759 g/mol. The molecule has 0 unspecified atom stereocenters. The Bertz CT molecular complexity index is 3780. The highest BCUT2D eigenvalue weighted by atomic mass is 32.1. The molecule has 61 heavy (non-hydrogen) atoms. The van der Waals surface area contributed by atoms with Crippen molar-refractivity contribution in [1.82, 2.24) is 0 Å². The molecule has 0 fully saturated rings. The molecule has 2 aromatic heterocycles. The fraction of sp³-hybridized carbons (Fsp3) is 0. The summed E-state index contributed by atoms with van der Waals surface area (Å²) in [7, 11) is 0. The highest BCUT2D eigenvalue weighted by Gasteiger charge is 2.25. The molecule has 0 radical (unpaired) electrons. The maximum atomic E-state index is 7.12. The molecule has 0 atom stereocenters. The van der Waals surface area contributed by atoms with Crippen molar-refractivity contribution in [3.63, 3.8) is 0 Å². The van der Waals surface area contributed by atoms with Crippen molar-refractivity contribution >= 4 is 114 Å². The van der Waals surface area contributed by atoms with Crippen LogP contribution in [-0.2, 0) is 0 Å². The van der Waals surface area contributed by atoms with E-state index >= 15 is 0 Å². The number of rotatable bonds is 5. The van der Waals surface area contributed by atoms with Crippen LogP contribution in [-0.4, -0.2) is 0 Å². The van der Waals surface area contributed by atoms with Gasteiger partial charge in [0.15, 0.2) is 5.58 Å². The summed E-state index contributed by atoms with van der Waals surface area (Å²) in [5.74, 6) is 0. The molecule has 0 bridgehead atoms. The van der Waals surface area contributed by atoms with E-state index in [2.05, 4.69) is 217 Å². The van der Waals surface area contributed by atoms with Gasteiger partial charge < -0.3 is 9.32 Å². The van der Waals surface area contributed by atoms with Gasteiger partial charge in [-0.25, -0.2) is 0 Å². The Morgan fingerprint density at radius 3 is 1.56 bits per heavy atom. The highest BCUT2D eigenvalue weighted by Crippen LogP contribution is 2.51. The predicted octanol–water partition coefficient (Wildman–Crippen LogP) is 17.4. The first-order chi connectivity index (χ1) is 30.2. The number of para-hydroxylation sites is 1. The van der Waals surface area contributed by atoms with Gasteiger partial charge in [-0.1, -0.05) is 170 Å². The zero-order chi connectivity index (χ0) is 40.0. The molecule has 0 aliphatic rings. The fourth-order valence-electron chi connectivity index (χ4n) is 9.80. The average Bonchev–Trinajstić information content (AvgIpc) is 3.92. The molecule has 0 aliphatic carbocycles. The van der Waals surface area contributed by atoms with Crippen LogP contribution >= 0.6 is 11.3 Å². The molecular formula is C58H35NOS. The molecule has 0 saturated carbocycles. The number of thiophene rings is 1. The highest BCUT2D eigenvalue weighted by molar-refractivity contribution is 7.26. The summed E-state index contributed by atoms with van der Waals surface area (Å²) in [6.07, 6.45) is 0. The van der Waals surface area contributed by atoms with Crippen LogP contribution in [0.2, 0.25) is 0 Å². The van der Waals surface area contributed by atoms with Gasteiger partial charge in [0.1, 0.15) is 5.58 Å². The molecule has 0 amide bonds. The van der Waals surface area contributed by atoms with Gasteiger partial charge in [-0.05, 0) is 108 Å². The summed E-state index contributed by atoms with van der Waals surface area (Å²) in [6, 6.07) is 77.5. The van der Waals surface area contributed by atoms with Gasteiger partial charge in [0.05, 0.1) is 5.69 Å². The molecule has 284 valence electrons. The Balaban J connectivity index is 1.12. The van der Waals surface area contributed by atoms with Crippen molar-refractivity contribution in [2.75, 3.05) is 4.90 Å². The monoisotopic (exact) mass is 793 g/mol. The molecule has 2 nitrogen and oxygen atoms in total. The molecule has 11 aromatic carbocycles. The molecule has 13 aromatic rings. The number of furan rings is 1. The van der Waals surface area contributed by atoms with Crippen LogP contribution in [0.15, 0.2) is 217 Å². The molecule has 0 N–H and O–H groups in total. The Labute approximate surface area is 355 Å². The first-order valence-electron chi connectivity index (χ1n) is 20.8. The van der Waals surface area contributed by atoms with Gasteiger partial charge in [0.2, 0.25) is 0 Å². The smallest absolute Gasteiger partial charge is 0.160 e. The maximum Gasteiger partial charge on any atom is 0.160 e. The summed E-state index contributed by atoms with van der Waals surface area (Å²) in [5.41, 5.74) is 9.68. The van der Waals surface area contributed by atoms with Crippen LogP contribution < -0.4 is 4.90 Å². The third kappa shape index (κ3) is 5.28. The van der Waals surface area contributed by atoms with Crippen molar-refractivity contribution in [3.05, 3.63) is 212 Å². The van der Waals surface area contributed by atoms with Gasteiger partial charge in [-0.3, -0.25) is 0 Å². The van der Waals surface area contributed by atoms with Crippen molar-refractivity contribution in [2.45, 2.75) is 0 Å². The number of hydrogen-bond donors (Lipinski definition) is 0. The van der Waals surface area contributed by atoms with E-state index in [1.165, 1.54) is 80.0 Å². The van der Waals surface area contributed by atoms with Crippen LogP contribution in [0.4, 0.5) is 17.1 Å². The molecule has 13 rings (SSSR count). The molecule has 2 heterocycles. The van der Waals surface area contributed by atoms with E-state index in [-0.39, 0.29) is 0 Å². The lowest BCUT2D eigenvalue weighted by Crippen LogP contribution is -2.10. The second-order valence-corrected chi connectivity index (χ2v) is 17.0. The van der Waals surface area contributed by atoms with E-state index < -0.39 is 0 Å². The standard InChI is InChI=1S/C58H35NOS/c1-2-12-36(13-3-1)45-30-31-47(56-49-19-9-11-21-54(49)61-58(45)56)46-32-33-52(57-55(46)48-18-8-10-20-53(48)60-57)59(41-28-26-39-24-22-37-14-4-6-16-43(37)50(39)34-41)42-29-27-40-25-23-38-15-5-7-17-44(38)51(40)35-42/h1-35H. The van der Waals surface area contributed by atoms with E-state index in [1.54, 1.807) is 0 Å².